The van der Waals surface area contributed by atoms with E-state index in [9.17, 15) is 4.79 Å². The van der Waals surface area contributed by atoms with E-state index in [1.165, 1.54) is 10.4 Å². The number of hydrogen-bond acceptors (Lipinski definition) is 4. The second-order valence-electron chi connectivity index (χ2n) is 5.22. The minimum absolute atomic E-state index is 0.228. The molecule has 1 aliphatic rings. The molecule has 4 nitrogen and oxygen atoms in total. The van der Waals surface area contributed by atoms with Crippen LogP contribution in [0.4, 0.5) is 4.79 Å². The third kappa shape index (κ3) is 3.25. The molecule has 1 aromatic heterocycles. The van der Waals surface area contributed by atoms with Crippen LogP contribution < -0.4 is 4.74 Å². The predicted octanol–water partition coefficient (Wildman–Crippen LogP) is 3.49. The first-order valence-electron chi connectivity index (χ1n) is 7.37. The molecule has 1 aliphatic heterocycles. The average molecular weight is 317 g/mol. The zero-order valence-electron chi connectivity index (χ0n) is 12.6. The lowest BCUT2D eigenvalue weighted by Crippen LogP contribution is -2.36. The highest BCUT2D eigenvalue weighted by molar-refractivity contribution is 7.10. The van der Waals surface area contributed by atoms with Gasteiger partial charge in [-0.2, -0.15) is 0 Å². The zero-order chi connectivity index (χ0) is 15.4. The first-order chi connectivity index (χ1) is 10.8. The standard InChI is InChI=1S/C17H19NO3S/c1-20-15-5-3-2-4-13(15)7-10-21-17(19)18-9-6-14-8-11-22-16(14)12-18/h2-5,8,11H,6-7,9-10,12H2,1H3. The van der Waals surface area contributed by atoms with E-state index < -0.39 is 0 Å². The number of carbonyl (C=O) groups excluding carboxylic acids is 1. The summed E-state index contributed by atoms with van der Waals surface area (Å²) in [5, 5.41) is 2.08. The van der Waals surface area contributed by atoms with Gasteiger partial charge in [0.1, 0.15) is 5.75 Å². The molecule has 0 radical (unpaired) electrons. The first kappa shape index (κ1) is 14.9. The molecule has 22 heavy (non-hydrogen) atoms. The summed E-state index contributed by atoms with van der Waals surface area (Å²) in [6.07, 6.45) is 1.35. The third-order valence-corrected chi connectivity index (χ3v) is 4.82. The molecule has 0 saturated heterocycles. The topological polar surface area (TPSA) is 38.8 Å². The summed E-state index contributed by atoms with van der Waals surface area (Å²) in [5.74, 6) is 0.833. The minimum Gasteiger partial charge on any atom is -0.496 e. The molecule has 0 N–H and O–H groups in total. The molecule has 1 amide bonds. The van der Waals surface area contributed by atoms with Gasteiger partial charge in [-0.3, -0.25) is 0 Å². The quantitative estimate of drug-likeness (QED) is 0.866. The maximum atomic E-state index is 12.2. The molecule has 0 saturated carbocycles. The molecule has 3 rings (SSSR count). The molecule has 2 heterocycles. The second-order valence-corrected chi connectivity index (χ2v) is 6.22. The number of fused-ring (bicyclic) bond motifs is 1. The van der Waals surface area contributed by atoms with Crippen molar-refractivity contribution in [3.8, 4) is 5.75 Å². The van der Waals surface area contributed by atoms with Crippen molar-refractivity contribution in [2.45, 2.75) is 19.4 Å². The van der Waals surface area contributed by atoms with E-state index in [2.05, 4.69) is 11.4 Å². The normalized spacial score (nSPS) is 13.6. The Morgan fingerprint density at radius 2 is 2.18 bits per heavy atom. The Hall–Kier alpha value is -2.01. The van der Waals surface area contributed by atoms with Crippen LogP contribution in [0.5, 0.6) is 5.75 Å². The van der Waals surface area contributed by atoms with E-state index in [-0.39, 0.29) is 6.09 Å². The monoisotopic (exact) mass is 317 g/mol. The molecule has 0 bridgehead atoms. The first-order valence-corrected chi connectivity index (χ1v) is 8.24. The number of thiophene rings is 1. The van der Waals surface area contributed by atoms with Crippen LogP contribution in [0, 0.1) is 0 Å². The number of hydrogen-bond donors (Lipinski definition) is 0. The Morgan fingerprint density at radius 3 is 3.05 bits per heavy atom. The van der Waals surface area contributed by atoms with E-state index in [0.717, 1.165) is 24.3 Å². The van der Waals surface area contributed by atoms with Gasteiger partial charge in [0.05, 0.1) is 20.3 Å². The number of rotatable bonds is 4. The summed E-state index contributed by atoms with van der Waals surface area (Å²) in [4.78, 5) is 15.2. The van der Waals surface area contributed by atoms with E-state index in [4.69, 9.17) is 9.47 Å². The van der Waals surface area contributed by atoms with Crippen LogP contribution in [0.3, 0.4) is 0 Å². The Labute approximate surface area is 134 Å². The van der Waals surface area contributed by atoms with Crippen LogP contribution in [-0.2, 0) is 24.1 Å². The molecule has 2 aromatic rings. The molecule has 0 unspecified atom stereocenters. The molecule has 0 atom stereocenters. The van der Waals surface area contributed by atoms with Crippen molar-refractivity contribution in [2.75, 3.05) is 20.3 Å². The Bertz CT molecular complexity index is 653. The number of ether oxygens (including phenoxy) is 2. The smallest absolute Gasteiger partial charge is 0.410 e. The lowest BCUT2D eigenvalue weighted by molar-refractivity contribution is 0.0991. The largest absolute Gasteiger partial charge is 0.496 e. The van der Waals surface area contributed by atoms with E-state index in [1.807, 2.05) is 24.3 Å². The summed E-state index contributed by atoms with van der Waals surface area (Å²) < 4.78 is 10.7. The highest BCUT2D eigenvalue weighted by Gasteiger charge is 2.22. The lowest BCUT2D eigenvalue weighted by Gasteiger charge is -2.26. The third-order valence-electron chi connectivity index (χ3n) is 3.87. The van der Waals surface area contributed by atoms with E-state index >= 15 is 0 Å². The highest BCUT2D eigenvalue weighted by Crippen LogP contribution is 2.24. The molecule has 0 fully saturated rings. The van der Waals surface area contributed by atoms with Crippen molar-refractivity contribution in [3.05, 3.63) is 51.7 Å². The summed E-state index contributed by atoms with van der Waals surface area (Å²) >= 11 is 1.71. The summed E-state index contributed by atoms with van der Waals surface area (Å²) in [7, 11) is 1.65. The van der Waals surface area contributed by atoms with Crippen LogP contribution in [0.25, 0.3) is 0 Å². The number of carbonyl (C=O) groups is 1. The Morgan fingerprint density at radius 1 is 1.32 bits per heavy atom. The maximum Gasteiger partial charge on any atom is 0.410 e. The number of para-hydroxylation sites is 1. The van der Waals surface area contributed by atoms with Crippen LogP contribution in [0.1, 0.15) is 16.0 Å². The van der Waals surface area contributed by atoms with Crippen molar-refractivity contribution < 1.29 is 14.3 Å². The van der Waals surface area contributed by atoms with Crippen LogP contribution >= 0.6 is 11.3 Å². The molecule has 1 aromatic carbocycles. The number of amides is 1. The molecular formula is C17H19NO3S. The van der Waals surface area contributed by atoms with Gasteiger partial charge in [-0.1, -0.05) is 18.2 Å². The Balaban J connectivity index is 1.51. The second kappa shape index (κ2) is 6.83. The van der Waals surface area contributed by atoms with Gasteiger partial charge in [-0.25, -0.2) is 4.79 Å². The molecule has 5 heteroatoms. The number of benzene rings is 1. The van der Waals surface area contributed by atoms with Gasteiger partial charge < -0.3 is 14.4 Å². The average Bonchev–Trinajstić information content (AvgIpc) is 3.02. The van der Waals surface area contributed by atoms with Gasteiger partial charge >= 0.3 is 6.09 Å². The predicted molar refractivity (Wildman–Crippen MR) is 86.5 cm³/mol. The van der Waals surface area contributed by atoms with Crippen molar-refractivity contribution in [1.29, 1.82) is 0 Å². The lowest BCUT2D eigenvalue weighted by atomic mass is 10.1. The van der Waals surface area contributed by atoms with Crippen LogP contribution in [0.2, 0.25) is 0 Å². The van der Waals surface area contributed by atoms with Crippen molar-refractivity contribution in [3.63, 3.8) is 0 Å². The highest BCUT2D eigenvalue weighted by atomic mass is 32.1. The molecular weight excluding hydrogens is 298 g/mol. The van der Waals surface area contributed by atoms with Gasteiger partial charge in [-0.05, 0) is 35.1 Å². The number of methoxy groups -OCH3 is 1. The zero-order valence-corrected chi connectivity index (χ0v) is 13.4. The summed E-state index contributed by atoms with van der Waals surface area (Å²) in [6, 6.07) is 9.94. The van der Waals surface area contributed by atoms with Gasteiger partial charge in [0.15, 0.2) is 0 Å². The fourth-order valence-electron chi connectivity index (χ4n) is 2.64. The van der Waals surface area contributed by atoms with E-state index in [1.54, 1.807) is 23.3 Å². The minimum atomic E-state index is -0.228. The number of nitrogens with zero attached hydrogens (tertiary/aromatic N) is 1. The van der Waals surface area contributed by atoms with Crippen LogP contribution in [0.15, 0.2) is 35.7 Å². The molecule has 0 aliphatic carbocycles. The van der Waals surface area contributed by atoms with Crippen molar-refractivity contribution >= 4 is 17.4 Å². The fourth-order valence-corrected chi connectivity index (χ4v) is 3.59. The van der Waals surface area contributed by atoms with Crippen molar-refractivity contribution in [2.24, 2.45) is 0 Å². The fraction of sp³-hybridized carbons (Fsp3) is 0.353. The summed E-state index contributed by atoms with van der Waals surface area (Å²) in [5.41, 5.74) is 2.42. The van der Waals surface area contributed by atoms with Gasteiger partial charge in [0.25, 0.3) is 0 Å². The van der Waals surface area contributed by atoms with E-state index in [0.29, 0.717) is 19.6 Å². The molecule has 0 spiro atoms. The SMILES string of the molecule is COc1ccccc1CCOC(=O)N1CCc2ccsc2C1. The van der Waals surface area contributed by atoms with Crippen molar-refractivity contribution in [1.82, 2.24) is 4.90 Å². The van der Waals surface area contributed by atoms with Gasteiger partial charge in [-0.15, -0.1) is 11.3 Å². The maximum absolute atomic E-state index is 12.2. The van der Waals surface area contributed by atoms with Gasteiger partial charge in [0, 0.05) is 17.8 Å². The van der Waals surface area contributed by atoms with Crippen LogP contribution in [-0.4, -0.2) is 31.3 Å². The Kier molecular flexibility index (Phi) is 4.63. The molecule has 116 valence electrons. The summed E-state index contributed by atoms with van der Waals surface area (Å²) in [6.45, 7) is 1.77. The van der Waals surface area contributed by atoms with Gasteiger partial charge in [0.2, 0.25) is 0 Å².